The number of aliphatic hydroxyl groups excluding tert-OH is 1. The van der Waals surface area contributed by atoms with Crippen molar-refractivity contribution < 1.29 is 5.11 Å². The number of aromatic nitrogens is 3. The summed E-state index contributed by atoms with van der Waals surface area (Å²) in [5.41, 5.74) is 0.617. The Kier molecular flexibility index (Phi) is 3.88. The van der Waals surface area contributed by atoms with Gasteiger partial charge >= 0.3 is 5.69 Å². The molecule has 96 valence electrons. The van der Waals surface area contributed by atoms with Crippen molar-refractivity contribution in [3.63, 3.8) is 0 Å². The third-order valence-corrected chi connectivity index (χ3v) is 3.84. The van der Waals surface area contributed by atoms with Gasteiger partial charge in [0, 0.05) is 11.9 Å². The lowest BCUT2D eigenvalue weighted by molar-refractivity contribution is 0.171. The molecule has 0 saturated heterocycles. The van der Waals surface area contributed by atoms with E-state index in [-0.39, 0.29) is 5.69 Å². The lowest BCUT2D eigenvalue weighted by atomic mass is 10.1. The van der Waals surface area contributed by atoms with Gasteiger partial charge in [-0.15, -0.1) is 5.10 Å². The molecule has 1 aromatic heterocycles. The lowest BCUT2D eigenvalue weighted by Crippen LogP contribution is -2.12. The van der Waals surface area contributed by atoms with E-state index in [1.807, 2.05) is 31.2 Å². The van der Waals surface area contributed by atoms with Crippen molar-refractivity contribution in [1.29, 1.82) is 0 Å². The Bertz CT molecular complexity index is 591. The molecule has 2 N–H and O–H groups in total. The van der Waals surface area contributed by atoms with Crippen LogP contribution >= 0.6 is 11.8 Å². The molecule has 1 aromatic carbocycles. The van der Waals surface area contributed by atoms with E-state index in [0.717, 1.165) is 10.5 Å². The Morgan fingerprint density at radius 2 is 2.22 bits per heavy atom. The molecule has 1 atom stereocenters. The fourth-order valence-electron chi connectivity index (χ4n) is 1.59. The maximum Gasteiger partial charge on any atom is 0.343 e. The van der Waals surface area contributed by atoms with Crippen LogP contribution in [0, 0.1) is 0 Å². The summed E-state index contributed by atoms with van der Waals surface area (Å²) in [7, 11) is 1.66. The predicted molar refractivity (Wildman–Crippen MR) is 69.6 cm³/mol. The SMILES string of the molecule is CC[C@@H](O)c1ccccc1Sc1n[nH]c(=O)n1C. The molecule has 18 heavy (non-hydrogen) atoms. The lowest BCUT2D eigenvalue weighted by Gasteiger charge is -2.12. The van der Waals surface area contributed by atoms with Crippen LogP contribution in [-0.2, 0) is 7.05 Å². The van der Waals surface area contributed by atoms with Crippen LogP contribution < -0.4 is 5.69 Å². The molecule has 6 heteroatoms. The molecule has 0 radical (unpaired) electrons. The van der Waals surface area contributed by atoms with Gasteiger partial charge in [0.25, 0.3) is 0 Å². The summed E-state index contributed by atoms with van der Waals surface area (Å²) < 4.78 is 1.44. The van der Waals surface area contributed by atoms with Crippen LogP contribution in [0.5, 0.6) is 0 Å². The molecule has 0 aliphatic carbocycles. The fraction of sp³-hybridized carbons (Fsp3) is 0.333. The van der Waals surface area contributed by atoms with Crippen LogP contribution in [0.15, 0.2) is 39.1 Å². The second-order valence-electron chi connectivity index (χ2n) is 3.93. The monoisotopic (exact) mass is 265 g/mol. The van der Waals surface area contributed by atoms with Gasteiger partial charge < -0.3 is 5.11 Å². The van der Waals surface area contributed by atoms with Gasteiger partial charge in [0.05, 0.1) is 6.10 Å². The van der Waals surface area contributed by atoms with E-state index in [1.165, 1.54) is 16.3 Å². The number of aliphatic hydroxyl groups is 1. The first-order valence-corrected chi connectivity index (χ1v) is 6.51. The van der Waals surface area contributed by atoms with E-state index in [4.69, 9.17) is 0 Å². The van der Waals surface area contributed by atoms with Crippen LogP contribution in [-0.4, -0.2) is 19.9 Å². The Balaban J connectivity index is 2.34. The zero-order valence-electron chi connectivity index (χ0n) is 10.3. The Hall–Kier alpha value is -1.53. The van der Waals surface area contributed by atoms with Crippen LogP contribution in [0.4, 0.5) is 0 Å². The van der Waals surface area contributed by atoms with Crippen LogP contribution in [0.2, 0.25) is 0 Å². The molecule has 2 rings (SSSR count). The van der Waals surface area contributed by atoms with Gasteiger partial charge in [0.15, 0.2) is 5.16 Å². The first kappa shape index (κ1) is 12.9. The fourth-order valence-corrected chi connectivity index (χ4v) is 2.57. The van der Waals surface area contributed by atoms with Crippen molar-refractivity contribution in [2.45, 2.75) is 29.5 Å². The van der Waals surface area contributed by atoms with E-state index in [2.05, 4.69) is 10.2 Å². The zero-order valence-corrected chi connectivity index (χ0v) is 11.1. The molecule has 0 saturated carbocycles. The van der Waals surface area contributed by atoms with Crippen molar-refractivity contribution in [3.8, 4) is 0 Å². The summed E-state index contributed by atoms with van der Waals surface area (Å²) in [5, 5.41) is 16.9. The quantitative estimate of drug-likeness (QED) is 0.882. The largest absolute Gasteiger partial charge is 0.388 e. The molecule has 0 aliphatic heterocycles. The summed E-state index contributed by atoms with van der Waals surface area (Å²) in [6.07, 6.45) is 0.154. The number of H-pyrrole nitrogens is 1. The highest BCUT2D eigenvalue weighted by atomic mass is 32.2. The molecular weight excluding hydrogens is 250 g/mol. The smallest absolute Gasteiger partial charge is 0.343 e. The van der Waals surface area contributed by atoms with Gasteiger partial charge in [-0.25, -0.2) is 9.89 Å². The van der Waals surface area contributed by atoms with E-state index >= 15 is 0 Å². The number of nitrogens with zero attached hydrogens (tertiary/aromatic N) is 2. The Morgan fingerprint density at radius 3 is 2.83 bits per heavy atom. The predicted octanol–water partition coefficient (Wildman–Crippen LogP) is 1.70. The highest BCUT2D eigenvalue weighted by molar-refractivity contribution is 7.99. The molecule has 0 unspecified atom stereocenters. The zero-order chi connectivity index (χ0) is 13.1. The maximum atomic E-state index is 11.3. The van der Waals surface area contributed by atoms with Gasteiger partial charge in [-0.2, -0.15) is 0 Å². The standard InChI is InChI=1S/C12H15N3O2S/c1-3-9(16)8-6-4-5-7-10(8)18-12-14-13-11(17)15(12)2/h4-7,9,16H,3H2,1-2H3,(H,13,17)/t9-/m1/s1. The second-order valence-corrected chi connectivity index (χ2v) is 4.94. The molecule has 5 nitrogen and oxygen atoms in total. The van der Waals surface area contributed by atoms with E-state index < -0.39 is 6.10 Å². The minimum Gasteiger partial charge on any atom is -0.388 e. The minimum atomic E-state index is -0.496. The molecular formula is C12H15N3O2S. The average Bonchev–Trinajstić information content (AvgIpc) is 2.70. The van der Waals surface area contributed by atoms with Gasteiger partial charge in [0.2, 0.25) is 0 Å². The molecule has 2 aromatic rings. The first-order valence-electron chi connectivity index (χ1n) is 5.69. The number of hydrogen-bond acceptors (Lipinski definition) is 4. The van der Waals surface area contributed by atoms with Gasteiger partial charge in [-0.1, -0.05) is 25.1 Å². The van der Waals surface area contributed by atoms with Crippen molar-refractivity contribution in [2.75, 3.05) is 0 Å². The molecule has 1 heterocycles. The van der Waals surface area contributed by atoms with Crippen molar-refractivity contribution in [1.82, 2.24) is 14.8 Å². The number of nitrogens with one attached hydrogen (secondary N) is 1. The third-order valence-electron chi connectivity index (χ3n) is 2.70. The van der Waals surface area contributed by atoms with Crippen molar-refractivity contribution >= 4 is 11.8 Å². The molecule has 0 bridgehead atoms. The van der Waals surface area contributed by atoms with Gasteiger partial charge in [-0.05, 0) is 29.8 Å². The van der Waals surface area contributed by atoms with E-state index in [1.54, 1.807) is 7.05 Å². The second kappa shape index (κ2) is 5.41. The summed E-state index contributed by atoms with van der Waals surface area (Å²) in [5.74, 6) is 0. The first-order chi connectivity index (χ1) is 8.63. The Labute approximate surface area is 109 Å². The number of aromatic amines is 1. The normalized spacial score (nSPS) is 12.6. The summed E-state index contributed by atoms with van der Waals surface area (Å²) >= 11 is 1.37. The van der Waals surface area contributed by atoms with Crippen molar-refractivity contribution in [2.24, 2.45) is 7.05 Å². The minimum absolute atomic E-state index is 0.244. The molecule has 0 aliphatic rings. The van der Waals surface area contributed by atoms with Gasteiger partial charge in [-0.3, -0.25) is 4.57 Å². The Morgan fingerprint density at radius 1 is 1.50 bits per heavy atom. The maximum absolute atomic E-state index is 11.3. The van der Waals surface area contributed by atoms with Gasteiger partial charge in [0.1, 0.15) is 0 Å². The summed E-state index contributed by atoms with van der Waals surface area (Å²) in [6.45, 7) is 1.93. The summed E-state index contributed by atoms with van der Waals surface area (Å²) in [4.78, 5) is 12.2. The van der Waals surface area contributed by atoms with Crippen LogP contribution in [0.3, 0.4) is 0 Å². The number of benzene rings is 1. The average molecular weight is 265 g/mol. The number of rotatable bonds is 4. The topological polar surface area (TPSA) is 70.9 Å². The van der Waals surface area contributed by atoms with Crippen LogP contribution in [0.1, 0.15) is 25.0 Å². The molecule has 0 amide bonds. The van der Waals surface area contributed by atoms with E-state index in [0.29, 0.717) is 11.6 Å². The van der Waals surface area contributed by atoms with E-state index in [9.17, 15) is 9.90 Å². The van der Waals surface area contributed by atoms with Crippen molar-refractivity contribution in [3.05, 3.63) is 40.3 Å². The summed E-state index contributed by atoms with van der Waals surface area (Å²) in [6, 6.07) is 7.60. The number of hydrogen-bond donors (Lipinski definition) is 2. The highest BCUT2D eigenvalue weighted by Crippen LogP contribution is 2.32. The molecule has 0 fully saturated rings. The molecule has 0 spiro atoms. The highest BCUT2D eigenvalue weighted by Gasteiger charge is 2.13. The third kappa shape index (κ3) is 2.49. The van der Waals surface area contributed by atoms with Crippen LogP contribution in [0.25, 0.3) is 0 Å².